The number of carboxylic acid groups (broad SMARTS) is 1. The van der Waals surface area contributed by atoms with Crippen LogP contribution in [-0.4, -0.2) is 79.6 Å². The van der Waals surface area contributed by atoms with E-state index < -0.39 is 52.2 Å². The molecule has 6 N–H and O–H groups in total. The van der Waals surface area contributed by atoms with Crippen LogP contribution in [0.2, 0.25) is 0 Å². The highest BCUT2D eigenvalue weighted by atomic mass is 32.3. The molecule has 0 saturated carbocycles. The number of fused-ring (bicyclic) bond motifs is 2. The van der Waals surface area contributed by atoms with Crippen molar-refractivity contribution in [3.63, 3.8) is 0 Å². The van der Waals surface area contributed by atoms with Crippen LogP contribution < -0.4 is 20.7 Å². The Morgan fingerprint density at radius 2 is 1.89 bits per heavy atom. The molecule has 3 unspecified atom stereocenters. The fourth-order valence-electron chi connectivity index (χ4n) is 6.14. The number of aromatic nitrogens is 1. The molecule has 3 aromatic rings. The van der Waals surface area contributed by atoms with Crippen molar-refractivity contribution in [2.24, 2.45) is 0 Å². The average molecular weight is 664 g/mol. The quantitative estimate of drug-likeness (QED) is 0.177. The first-order chi connectivity index (χ1) is 22.0. The molecule has 248 valence electrons. The number of carbonyl (C=O) groups is 2. The maximum absolute atomic E-state index is 15.3. The monoisotopic (exact) mass is 663 g/mol. The second-order valence-electron chi connectivity index (χ2n) is 11.3. The number of halogens is 3. The fourth-order valence-corrected chi connectivity index (χ4v) is 8.00. The molecule has 2 aliphatic heterocycles. The highest BCUT2D eigenvalue weighted by molar-refractivity contribution is 8.22. The van der Waals surface area contributed by atoms with E-state index in [1.807, 2.05) is 0 Å². The van der Waals surface area contributed by atoms with Gasteiger partial charge >= 0.3 is 6.09 Å². The van der Waals surface area contributed by atoms with Crippen molar-refractivity contribution < 1.29 is 41.7 Å². The number of anilines is 1. The van der Waals surface area contributed by atoms with Crippen molar-refractivity contribution in [2.45, 2.75) is 49.7 Å². The lowest BCUT2D eigenvalue weighted by atomic mass is 9.85. The lowest BCUT2D eigenvalue weighted by Gasteiger charge is -2.49. The Morgan fingerprint density at radius 3 is 2.59 bits per heavy atom. The van der Waals surface area contributed by atoms with E-state index in [9.17, 15) is 32.6 Å². The molecule has 2 aromatic carbocycles. The zero-order chi connectivity index (χ0) is 33.0. The number of piperazine rings is 1. The van der Waals surface area contributed by atoms with Crippen LogP contribution in [0.4, 0.5) is 23.7 Å². The lowest BCUT2D eigenvalue weighted by Crippen LogP contribution is -2.55. The molecule has 2 bridgehead atoms. The fraction of sp³-hybridized carbons (Fsp3) is 0.387. The van der Waals surface area contributed by atoms with Crippen LogP contribution in [0.1, 0.15) is 41.9 Å². The molecule has 0 aliphatic carbocycles. The molecular weight excluding hydrogens is 627 g/mol. The first kappa shape index (κ1) is 33.5. The van der Waals surface area contributed by atoms with Crippen LogP contribution in [0.5, 0.6) is 5.88 Å². The van der Waals surface area contributed by atoms with Gasteiger partial charge in [0, 0.05) is 54.6 Å². The maximum Gasteiger partial charge on any atom is 0.405 e. The van der Waals surface area contributed by atoms with E-state index in [1.54, 1.807) is 4.31 Å². The van der Waals surface area contributed by atoms with Gasteiger partial charge in [0.25, 0.3) is 0 Å². The number of carbonyl (C=O) groups excluding carboxylic acids is 1. The van der Waals surface area contributed by atoms with E-state index in [-0.39, 0.29) is 47.0 Å². The summed E-state index contributed by atoms with van der Waals surface area (Å²) in [6, 6.07) is 8.32. The summed E-state index contributed by atoms with van der Waals surface area (Å²) in [7, 11) is -1.58. The summed E-state index contributed by atoms with van der Waals surface area (Å²) in [5.41, 5.74) is 0.607. The number of pyridine rings is 1. The highest BCUT2D eigenvalue weighted by Gasteiger charge is 2.38. The predicted molar refractivity (Wildman–Crippen MR) is 167 cm³/mol. The van der Waals surface area contributed by atoms with Gasteiger partial charge in [0.15, 0.2) is 11.6 Å². The van der Waals surface area contributed by atoms with Gasteiger partial charge in [-0.3, -0.25) is 13.9 Å². The van der Waals surface area contributed by atoms with Crippen molar-refractivity contribution in [1.82, 2.24) is 19.9 Å². The van der Waals surface area contributed by atoms with Gasteiger partial charge in [0.2, 0.25) is 11.8 Å². The zero-order valence-corrected chi connectivity index (χ0v) is 25.8. The molecule has 5 atom stereocenters. The maximum atomic E-state index is 15.3. The van der Waals surface area contributed by atoms with Crippen LogP contribution in [0.25, 0.3) is 0 Å². The summed E-state index contributed by atoms with van der Waals surface area (Å²) in [6.45, 7) is 0.940. The van der Waals surface area contributed by atoms with Crippen LogP contribution >= 0.6 is 10.8 Å². The third kappa shape index (κ3) is 7.56. The third-order valence-electron chi connectivity index (χ3n) is 8.43. The molecular formula is C31H36F3N5O6S. The Morgan fingerprint density at radius 1 is 1.11 bits per heavy atom. The number of nitrogens with zero attached hydrogens (tertiary/aromatic N) is 2. The molecule has 0 spiro atoms. The molecule has 2 saturated heterocycles. The molecule has 2 fully saturated rings. The summed E-state index contributed by atoms with van der Waals surface area (Å²) in [5.74, 6) is -4.51. The molecule has 2 amide bonds. The number of hydrogen-bond donors (Lipinski definition) is 6. The summed E-state index contributed by atoms with van der Waals surface area (Å²) < 4.78 is 72.0. The van der Waals surface area contributed by atoms with E-state index in [0.29, 0.717) is 31.5 Å². The summed E-state index contributed by atoms with van der Waals surface area (Å²) in [5, 5.41) is 18.0. The first-order valence-electron chi connectivity index (χ1n) is 14.8. The van der Waals surface area contributed by atoms with E-state index in [2.05, 4.69) is 20.9 Å². The number of ether oxygens (including phenoxy) is 1. The Balaban J connectivity index is 1.44. The van der Waals surface area contributed by atoms with Gasteiger partial charge in [-0.05, 0) is 61.1 Å². The Hall–Kier alpha value is -3.89. The van der Waals surface area contributed by atoms with Crippen LogP contribution in [0.15, 0.2) is 54.7 Å². The average Bonchev–Trinajstić information content (AvgIpc) is 3.14. The van der Waals surface area contributed by atoms with E-state index in [1.165, 1.54) is 49.7 Å². The van der Waals surface area contributed by atoms with Crippen LogP contribution in [0, 0.1) is 17.5 Å². The number of nitrogens with one attached hydrogen (secondary N) is 3. The van der Waals surface area contributed by atoms with Crippen molar-refractivity contribution >= 4 is 28.5 Å². The van der Waals surface area contributed by atoms with Crippen molar-refractivity contribution in [3.8, 4) is 5.88 Å². The van der Waals surface area contributed by atoms with Gasteiger partial charge in [-0.1, -0.05) is 18.2 Å². The first-order valence-corrected chi connectivity index (χ1v) is 16.4. The number of rotatable bonds is 10. The lowest BCUT2D eigenvalue weighted by molar-refractivity contribution is -0.118. The zero-order valence-electron chi connectivity index (χ0n) is 25.0. The van der Waals surface area contributed by atoms with Crippen molar-refractivity contribution in [3.05, 3.63) is 88.9 Å². The SMILES string of the molecule is COc1ccc([C@H](c2ccc(F)c(F)c2)[C@H](NC(=O)O)C(=O)Nc2cccc(F)c2CCC2CNC3CCCS(O)(O)N2C3)cn1. The second-order valence-corrected chi connectivity index (χ2v) is 13.5. The Kier molecular flexibility index (Phi) is 10.4. The van der Waals surface area contributed by atoms with Gasteiger partial charge in [-0.15, -0.1) is 10.8 Å². The minimum atomic E-state index is -2.98. The number of benzene rings is 2. The van der Waals surface area contributed by atoms with Gasteiger partial charge in [-0.25, -0.2) is 27.3 Å². The third-order valence-corrected chi connectivity index (χ3v) is 10.5. The van der Waals surface area contributed by atoms with Crippen LogP contribution in [0.3, 0.4) is 0 Å². The van der Waals surface area contributed by atoms with Gasteiger partial charge in [-0.2, -0.15) is 0 Å². The van der Waals surface area contributed by atoms with Gasteiger partial charge in [0.1, 0.15) is 11.9 Å². The van der Waals surface area contributed by atoms with Gasteiger partial charge < -0.3 is 25.8 Å². The van der Waals surface area contributed by atoms with E-state index >= 15 is 4.39 Å². The molecule has 0 radical (unpaired) electrons. The minimum Gasteiger partial charge on any atom is -0.481 e. The van der Waals surface area contributed by atoms with Crippen LogP contribution in [-0.2, 0) is 11.2 Å². The second kappa shape index (κ2) is 14.3. The smallest absolute Gasteiger partial charge is 0.405 e. The Bertz CT molecular complexity index is 1570. The summed E-state index contributed by atoms with van der Waals surface area (Å²) in [6.07, 6.45) is 1.73. The standard InChI is InChI=1S/C31H36F3N5O6S/c1-45-27-12-8-19(15-36-27)28(18-7-11-24(33)25(34)14-18)29(38-31(41)42)30(40)37-26-6-2-5-23(32)22(26)10-9-21-16-35-20-4-3-13-46(43,44)39(21)17-20/h2,5-8,11-12,14-15,20-21,28-29,35,38,43-44H,3-4,9-10,13,16-17H2,1H3,(H,37,40)(H,41,42)/t20?,21?,28-,29-/m0/s1. The topological polar surface area (TPSA) is 156 Å². The minimum absolute atomic E-state index is 0.0822. The number of hydrogen-bond acceptors (Lipinski definition) is 8. The Labute approximate surface area is 265 Å². The largest absolute Gasteiger partial charge is 0.481 e. The molecule has 46 heavy (non-hydrogen) atoms. The van der Waals surface area contributed by atoms with Crippen molar-refractivity contribution in [1.29, 1.82) is 0 Å². The van der Waals surface area contributed by atoms with E-state index in [4.69, 9.17) is 4.74 Å². The molecule has 11 nitrogen and oxygen atoms in total. The van der Waals surface area contributed by atoms with E-state index in [0.717, 1.165) is 18.6 Å². The highest BCUT2D eigenvalue weighted by Crippen LogP contribution is 2.49. The molecule has 3 heterocycles. The predicted octanol–water partition coefficient (Wildman–Crippen LogP) is 4.95. The van der Waals surface area contributed by atoms with Gasteiger partial charge in [0.05, 0.1) is 12.9 Å². The number of amides is 2. The number of methoxy groups -OCH3 is 1. The molecule has 2 aliphatic rings. The summed E-state index contributed by atoms with van der Waals surface area (Å²) in [4.78, 5) is 30.0. The molecule has 5 rings (SSSR count). The summed E-state index contributed by atoms with van der Waals surface area (Å²) >= 11 is 0. The molecule has 1 aromatic heterocycles. The normalized spacial score (nSPS) is 22.5. The molecule has 15 heteroatoms. The van der Waals surface area contributed by atoms with Crippen molar-refractivity contribution in [2.75, 3.05) is 31.3 Å².